The van der Waals surface area contributed by atoms with Crippen LogP contribution in [0.3, 0.4) is 0 Å². The number of benzene rings is 1. The van der Waals surface area contributed by atoms with Crippen LogP contribution in [0, 0.1) is 17.5 Å². The Kier molecular flexibility index (Phi) is 5.51. The van der Waals surface area contributed by atoms with Gasteiger partial charge in [-0.15, -0.1) is 0 Å². The number of aromatic nitrogens is 3. The van der Waals surface area contributed by atoms with Crippen molar-refractivity contribution in [1.29, 1.82) is 0 Å². The second kappa shape index (κ2) is 8.00. The average Bonchev–Trinajstić information content (AvgIpc) is 2.65. The van der Waals surface area contributed by atoms with E-state index in [0.717, 1.165) is 0 Å². The molecule has 3 N–H and O–H groups in total. The maximum atomic E-state index is 13.9. The van der Waals surface area contributed by atoms with E-state index < -0.39 is 23.1 Å². The summed E-state index contributed by atoms with van der Waals surface area (Å²) in [7, 11) is 0. The second-order valence-electron chi connectivity index (χ2n) is 5.80. The van der Waals surface area contributed by atoms with Gasteiger partial charge in [-0.3, -0.25) is 4.98 Å². The van der Waals surface area contributed by atoms with Gasteiger partial charge in [-0.05, 0) is 19.1 Å². The maximum absolute atomic E-state index is 13.9. The fourth-order valence-electron chi connectivity index (χ4n) is 2.29. The Morgan fingerprint density at radius 1 is 1.11 bits per heavy atom. The standard InChI is InChI=1S/C18H16F3N5O/c1-10(9-27)23-18-24-15(11-3-2-4-22-8-11)7-16(26-18)25-17-13(20)5-12(19)6-14(17)21/h2-8,10,27H,9H2,1H3,(H2,23,24,25,26)/t10-/m0/s1. The summed E-state index contributed by atoms with van der Waals surface area (Å²) in [5.41, 5.74) is 0.562. The lowest BCUT2D eigenvalue weighted by Crippen LogP contribution is -2.21. The Morgan fingerprint density at radius 3 is 2.48 bits per heavy atom. The molecule has 27 heavy (non-hydrogen) atoms. The Labute approximate surface area is 153 Å². The van der Waals surface area contributed by atoms with Crippen LogP contribution in [0.25, 0.3) is 11.3 Å². The summed E-state index contributed by atoms with van der Waals surface area (Å²) >= 11 is 0. The van der Waals surface area contributed by atoms with Gasteiger partial charge < -0.3 is 15.7 Å². The number of aliphatic hydroxyl groups is 1. The minimum atomic E-state index is -1.09. The van der Waals surface area contributed by atoms with Gasteiger partial charge in [-0.1, -0.05) is 0 Å². The number of nitrogens with one attached hydrogen (secondary N) is 2. The third-order valence-electron chi connectivity index (χ3n) is 3.59. The van der Waals surface area contributed by atoms with Crippen LogP contribution in [0.4, 0.5) is 30.6 Å². The molecule has 0 aliphatic heterocycles. The minimum absolute atomic E-state index is 0.0842. The van der Waals surface area contributed by atoms with E-state index >= 15 is 0 Å². The van der Waals surface area contributed by atoms with E-state index in [-0.39, 0.29) is 24.4 Å². The van der Waals surface area contributed by atoms with Gasteiger partial charge >= 0.3 is 0 Å². The van der Waals surface area contributed by atoms with E-state index in [1.807, 2.05) is 0 Å². The van der Waals surface area contributed by atoms with E-state index in [2.05, 4.69) is 25.6 Å². The molecule has 0 unspecified atom stereocenters. The third kappa shape index (κ3) is 4.50. The molecule has 0 fully saturated rings. The molecule has 0 aliphatic carbocycles. The molecule has 0 bridgehead atoms. The van der Waals surface area contributed by atoms with Gasteiger partial charge in [0, 0.05) is 42.2 Å². The first-order valence-electron chi connectivity index (χ1n) is 8.04. The number of nitrogens with zero attached hydrogens (tertiary/aromatic N) is 3. The first-order valence-corrected chi connectivity index (χ1v) is 8.04. The molecule has 3 rings (SSSR count). The molecule has 0 amide bonds. The van der Waals surface area contributed by atoms with E-state index in [0.29, 0.717) is 23.4 Å². The van der Waals surface area contributed by atoms with Crippen LogP contribution >= 0.6 is 0 Å². The van der Waals surface area contributed by atoms with E-state index in [1.54, 1.807) is 31.5 Å². The Bertz CT molecular complexity index is 917. The molecule has 3 aromatic rings. The molecular weight excluding hydrogens is 359 g/mol. The molecular formula is C18H16F3N5O. The van der Waals surface area contributed by atoms with Crippen LogP contribution < -0.4 is 10.6 Å². The number of pyridine rings is 1. The summed E-state index contributed by atoms with van der Waals surface area (Å²) in [6.07, 6.45) is 3.17. The first-order chi connectivity index (χ1) is 13.0. The van der Waals surface area contributed by atoms with Gasteiger partial charge in [0.1, 0.15) is 17.3 Å². The average molecular weight is 375 g/mol. The molecule has 2 heterocycles. The summed E-state index contributed by atoms with van der Waals surface area (Å²) in [6.45, 7) is 1.55. The first kappa shape index (κ1) is 18.6. The van der Waals surface area contributed by atoms with Gasteiger partial charge in [0.25, 0.3) is 0 Å². The zero-order valence-corrected chi connectivity index (χ0v) is 14.2. The van der Waals surface area contributed by atoms with Crippen LogP contribution in [0.2, 0.25) is 0 Å². The number of anilines is 3. The number of halogens is 3. The Morgan fingerprint density at radius 2 is 1.85 bits per heavy atom. The van der Waals surface area contributed by atoms with Crippen molar-refractivity contribution in [2.45, 2.75) is 13.0 Å². The molecule has 1 atom stereocenters. The maximum Gasteiger partial charge on any atom is 0.225 e. The molecule has 9 heteroatoms. The van der Waals surface area contributed by atoms with Crippen LogP contribution in [-0.2, 0) is 0 Å². The van der Waals surface area contributed by atoms with Gasteiger partial charge in [0.2, 0.25) is 5.95 Å². The van der Waals surface area contributed by atoms with Gasteiger partial charge in [0.05, 0.1) is 12.3 Å². The van der Waals surface area contributed by atoms with Crippen LogP contribution in [-0.4, -0.2) is 32.7 Å². The summed E-state index contributed by atoms with van der Waals surface area (Å²) < 4.78 is 41.0. The van der Waals surface area contributed by atoms with Crippen LogP contribution in [0.5, 0.6) is 0 Å². The van der Waals surface area contributed by atoms with Crippen molar-refractivity contribution in [3.8, 4) is 11.3 Å². The van der Waals surface area contributed by atoms with E-state index in [9.17, 15) is 18.3 Å². The van der Waals surface area contributed by atoms with Crippen LogP contribution in [0.15, 0.2) is 42.7 Å². The van der Waals surface area contributed by atoms with Crippen molar-refractivity contribution in [3.05, 3.63) is 60.2 Å². The summed E-state index contributed by atoms with van der Waals surface area (Å²) in [4.78, 5) is 12.5. The highest BCUT2D eigenvalue weighted by atomic mass is 19.1. The molecule has 0 saturated carbocycles. The van der Waals surface area contributed by atoms with E-state index in [1.165, 1.54) is 6.07 Å². The second-order valence-corrected chi connectivity index (χ2v) is 5.80. The highest BCUT2D eigenvalue weighted by Gasteiger charge is 2.15. The Balaban J connectivity index is 2.02. The Hall–Kier alpha value is -3.20. The predicted octanol–water partition coefficient (Wildman–Crippen LogP) is 3.49. The topological polar surface area (TPSA) is 83.0 Å². The van der Waals surface area contributed by atoms with Crippen molar-refractivity contribution in [2.75, 3.05) is 17.2 Å². The number of hydrogen-bond acceptors (Lipinski definition) is 6. The quantitative estimate of drug-likeness (QED) is 0.612. The van der Waals surface area contributed by atoms with E-state index in [4.69, 9.17) is 0 Å². The summed E-state index contributed by atoms with van der Waals surface area (Å²) in [5.74, 6) is -2.97. The normalized spacial score (nSPS) is 11.9. The number of aliphatic hydroxyl groups excluding tert-OH is 1. The van der Waals surface area contributed by atoms with Crippen molar-refractivity contribution in [2.24, 2.45) is 0 Å². The summed E-state index contributed by atoms with van der Waals surface area (Å²) in [6, 6.07) is 5.75. The van der Waals surface area contributed by atoms with Crippen molar-refractivity contribution in [3.63, 3.8) is 0 Å². The minimum Gasteiger partial charge on any atom is -0.394 e. The summed E-state index contributed by atoms with van der Waals surface area (Å²) in [5, 5.41) is 14.6. The zero-order chi connectivity index (χ0) is 19.4. The molecule has 0 spiro atoms. The number of hydrogen-bond donors (Lipinski definition) is 3. The molecule has 140 valence electrons. The lowest BCUT2D eigenvalue weighted by atomic mass is 10.2. The molecule has 2 aromatic heterocycles. The lowest BCUT2D eigenvalue weighted by molar-refractivity contribution is 0.281. The van der Waals surface area contributed by atoms with Crippen LogP contribution in [0.1, 0.15) is 6.92 Å². The lowest BCUT2D eigenvalue weighted by Gasteiger charge is -2.14. The molecule has 0 aliphatic rings. The monoisotopic (exact) mass is 375 g/mol. The van der Waals surface area contributed by atoms with Gasteiger partial charge in [-0.25, -0.2) is 18.2 Å². The highest BCUT2D eigenvalue weighted by Crippen LogP contribution is 2.27. The zero-order valence-electron chi connectivity index (χ0n) is 14.2. The molecule has 6 nitrogen and oxygen atoms in total. The molecule has 0 saturated heterocycles. The fraction of sp³-hybridized carbons (Fsp3) is 0.167. The fourth-order valence-corrected chi connectivity index (χ4v) is 2.29. The molecule has 1 aromatic carbocycles. The predicted molar refractivity (Wildman–Crippen MR) is 95.0 cm³/mol. The number of rotatable bonds is 6. The largest absolute Gasteiger partial charge is 0.394 e. The van der Waals surface area contributed by atoms with Gasteiger partial charge in [0.15, 0.2) is 11.6 Å². The van der Waals surface area contributed by atoms with Crippen molar-refractivity contribution in [1.82, 2.24) is 15.0 Å². The smallest absolute Gasteiger partial charge is 0.225 e. The van der Waals surface area contributed by atoms with Gasteiger partial charge in [-0.2, -0.15) is 4.98 Å². The molecule has 0 radical (unpaired) electrons. The van der Waals surface area contributed by atoms with Crippen molar-refractivity contribution < 1.29 is 18.3 Å². The third-order valence-corrected chi connectivity index (χ3v) is 3.59. The van der Waals surface area contributed by atoms with Crippen molar-refractivity contribution >= 4 is 17.5 Å². The highest BCUT2D eigenvalue weighted by molar-refractivity contribution is 5.67. The SMILES string of the molecule is C[C@@H](CO)Nc1nc(Nc2c(F)cc(F)cc2F)cc(-c2cccnc2)n1.